The highest BCUT2D eigenvalue weighted by Gasteiger charge is 2.10. The Bertz CT molecular complexity index is 623. The first-order valence-corrected chi connectivity index (χ1v) is 6.80. The Labute approximate surface area is 128 Å². The average Bonchev–Trinajstić information content (AvgIpc) is 2.46. The number of hydrogen-bond acceptors (Lipinski definition) is 4. The minimum atomic E-state index is -0.504. The van der Waals surface area contributed by atoms with Gasteiger partial charge in [-0.15, -0.1) is 0 Å². The molecule has 20 heavy (non-hydrogen) atoms. The van der Waals surface area contributed by atoms with Gasteiger partial charge in [0.2, 0.25) is 0 Å². The molecule has 0 fully saturated rings. The number of benzene rings is 2. The lowest BCUT2D eigenvalue weighted by Crippen LogP contribution is -2.11. The molecule has 2 aromatic rings. The summed E-state index contributed by atoms with van der Waals surface area (Å²) in [6.45, 7) is -0.0988. The molecule has 0 saturated heterocycles. The van der Waals surface area contributed by atoms with Crippen molar-refractivity contribution in [2.45, 2.75) is 0 Å². The van der Waals surface area contributed by atoms with Gasteiger partial charge >= 0.3 is 0 Å². The predicted molar refractivity (Wildman–Crippen MR) is 82.1 cm³/mol. The highest BCUT2D eigenvalue weighted by molar-refractivity contribution is 14.1. The van der Waals surface area contributed by atoms with Crippen LogP contribution in [0, 0.1) is 13.7 Å². The number of Topliss-reactive ketones (excluding diaryl/α,β-unsaturated/α-hetero) is 1. The molecule has 0 aliphatic rings. The van der Waals surface area contributed by atoms with E-state index in [-0.39, 0.29) is 18.1 Å². The van der Waals surface area contributed by atoms with Crippen LogP contribution in [0.25, 0.3) is 0 Å². The Morgan fingerprint density at radius 3 is 2.25 bits per heavy atom. The van der Waals surface area contributed by atoms with Crippen molar-refractivity contribution in [2.24, 2.45) is 0 Å². The number of hydrogen-bond donors (Lipinski definition) is 0. The Balaban J connectivity index is 1.97. The van der Waals surface area contributed by atoms with E-state index in [0.29, 0.717) is 11.3 Å². The van der Waals surface area contributed by atoms with Crippen molar-refractivity contribution >= 4 is 34.1 Å². The maximum atomic E-state index is 11.9. The van der Waals surface area contributed by atoms with Gasteiger partial charge in [-0.25, -0.2) is 0 Å². The lowest BCUT2D eigenvalue weighted by molar-refractivity contribution is -0.384. The van der Waals surface area contributed by atoms with Gasteiger partial charge in [-0.2, -0.15) is 0 Å². The number of halogens is 1. The second-order valence-corrected chi connectivity index (χ2v) is 5.22. The van der Waals surface area contributed by atoms with E-state index in [1.807, 2.05) is 12.1 Å². The third-order valence-corrected chi connectivity index (χ3v) is 3.30. The smallest absolute Gasteiger partial charge is 0.269 e. The highest BCUT2D eigenvalue weighted by atomic mass is 127. The van der Waals surface area contributed by atoms with E-state index >= 15 is 0 Å². The van der Waals surface area contributed by atoms with Crippen LogP contribution in [0.2, 0.25) is 0 Å². The monoisotopic (exact) mass is 383 g/mol. The van der Waals surface area contributed by atoms with Crippen molar-refractivity contribution in [1.29, 1.82) is 0 Å². The lowest BCUT2D eigenvalue weighted by atomic mass is 10.1. The second-order valence-electron chi connectivity index (χ2n) is 3.97. The number of carbonyl (C=O) groups is 1. The van der Waals surface area contributed by atoms with E-state index in [4.69, 9.17) is 4.74 Å². The fraction of sp³-hybridized carbons (Fsp3) is 0.0714. The number of nitro benzene ring substituents is 1. The maximum Gasteiger partial charge on any atom is 0.269 e. The molecule has 0 bridgehead atoms. The summed E-state index contributed by atoms with van der Waals surface area (Å²) in [4.78, 5) is 21.9. The molecule has 0 spiro atoms. The van der Waals surface area contributed by atoms with Gasteiger partial charge < -0.3 is 4.74 Å². The molecule has 0 aliphatic heterocycles. The molecule has 2 rings (SSSR count). The molecule has 0 aromatic heterocycles. The SMILES string of the molecule is O=C(COc1ccc(I)cc1)c1ccc([N+](=O)[O-])cc1. The van der Waals surface area contributed by atoms with Crippen LogP contribution in [0.4, 0.5) is 5.69 Å². The van der Waals surface area contributed by atoms with Crippen LogP contribution in [-0.2, 0) is 0 Å². The molecular weight excluding hydrogens is 373 g/mol. The van der Waals surface area contributed by atoms with Crippen molar-refractivity contribution in [3.05, 3.63) is 67.8 Å². The molecule has 0 radical (unpaired) electrons. The van der Waals surface area contributed by atoms with Gasteiger partial charge in [-0.05, 0) is 59.0 Å². The van der Waals surface area contributed by atoms with E-state index in [9.17, 15) is 14.9 Å². The van der Waals surface area contributed by atoms with Crippen LogP contribution in [-0.4, -0.2) is 17.3 Å². The number of non-ortho nitro benzene ring substituents is 1. The van der Waals surface area contributed by atoms with Gasteiger partial charge in [0.15, 0.2) is 12.4 Å². The van der Waals surface area contributed by atoms with Crippen molar-refractivity contribution in [1.82, 2.24) is 0 Å². The fourth-order valence-corrected chi connectivity index (χ4v) is 1.89. The first-order valence-electron chi connectivity index (χ1n) is 5.72. The molecule has 102 valence electrons. The molecule has 0 heterocycles. The first kappa shape index (κ1) is 14.4. The number of carbonyl (C=O) groups excluding carboxylic acids is 1. The molecule has 2 aromatic carbocycles. The van der Waals surface area contributed by atoms with E-state index in [0.717, 1.165) is 3.57 Å². The van der Waals surface area contributed by atoms with Gasteiger partial charge in [-0.3, -0.25) is 14.9 Å². The minimum absolute atomic E-state index is 0.0416. The van der Waals surface area contributed by atoms with Crippen LogP contribution in [0.5, 0.6) is 5.75 Å². The number of ketones is 1. The Morgan fingerprint density at radius 1 is 1.10 bits per heavy atom. The summed E-state index contributed by atoms with van der Waals surface area (Å²) in [5.41, 5.74) is 0.348. The molecule has 0 N–H and O–H groups in total. The van der Waals surface area contributed by atoms with Gasteiger partial charge in [0, 0.05) is 21.3 Å². The quantitative estimate of drug-likeness (QED) is 0.343. The van der Waals surface area contributed by atoms with Crippen LogP contribution >= 0.6 is 22.6 Å². The van der Waals surface area contributed by atoms with Gasteiger partial charge in [0.1, 0.15) is 5.75 Å². The second kappa shape index (κ2) is 6.47. The Hall–Kier alpha value is -1.96. The zero-order chi connectivity index (χ0) is 14.5. The number of nitro groups is 1. The predicted octanol–water partition coefficient (Wildman–Crippen LogP) is 3.46. The topological polar surface area (TPSA) is 69.4 Å². The Kier molecular flexibility index (Phi) is 4.67. The van der Waals surface area contributed by atoms with Gasteiger partial charge in [0.05, 0.1) is 4.92 Å². The zero-order valence-corrected chi connectivity index (χ0v) is 12.4. The summed E-state index contributed by atoms with van der Waals surface area (Å²) >= 11 is 2.18. The van der Waals surface area contributed by atoms with E-state index in [2.05, 4.69) is 22.6 Å². The molecule has 0 unspecified atom stereocenters. The molecule has 0 atom stereocenters. The summed E-state index contributed by atoms with van der Waals surface area (Å²) in [5.74, 6) is 0.388. The minimum Gasteiger partial charge on any atom is -0.485 e. The van der Waals surface area contributed by atoms with E-state index < -0.39 is 4.92 Å². The average molecular weight is 383 g/mol. The summed E-state index contributed by atoms with van der Waals surface area (Å²) in [7, 11) is 0. The first-order chi connectivity index (χ1) is 9.56. The highest BCUT2D eigenvalue weighted by Crippen LogP contribution is 2.15. The van der Waals surface area contributed by atoms with Gasteiger partial charge in [0.25, 0.3) is 5.69 Å². The third kappa shape index (κ3) is 3.77. The summed E-state index contributed by atoms with van der Waals surface area (Å²) in [5, 5.41) is 10.5. The molecule has 0 amide bonds. The summed E-state index contributed by atoms with van der Waals surface area (Å²) in [6, 6.07) is 12.8. The van der Waals surface area contributed by atoms with Crippen molar-refractivity contribution in [3.63, 3.8) is 0 Å². The van der Waals surface area contributed by atoms with Crippen molar-refractivity contribution < 1.29 is 14.5 Å². The number of rotatable bonds is 5. The molecule has 0 saturated carbocycles. The largest absolute Gasteiger partial charge is 0.485 e. The van der Waals surface area contributed by atoms with Crippen LogP contribution in [0.15, 0.2) is 48.5 Å². The summed E-state index contributed by atoms with van der Waals surface area (Å²) in [6.07, 6.45) is 0. The van der Waals surface area contributed by atoms with Gasteiger partial charge in [-0.1, -0.05) is 0 Å². The van der Waals surface area contributed by atoms with E-state index in [1.165, 1.54) is 24.3 Å². The Morgan fingerprint density at radius 2 is 1.70 bits per heavy atom. The molecular formula is C14H10INO4. The maximum absolute atomic E-state index is 11.9. The van der Waals surface area contributed by atoms with E-state index in [1.54, 1.807) is 12.1 Å². The molecule has 0 aliphatic carbocycles. The molecule has 6 heteroatoms. The normalized spacial score (nSPS) is 10.1. The fourth-order valence-electron chi connectivity index (χ4n) is 1.53. The van der Waals surface area contributed by atoms with Crippen LogP contribution in [0.3, 0.4) is 0 Å². The lowest BCUT2D eigenvalue weighted by Gasteiger charge is -2.05. The number of ether oxygens (including phenoxy) is 1. The zero-order valence-electron chi connectivity index (χ0n) is 10.3. The third-order valence-electron chi connectivity index (χ3n) is 2.58. The summed E-state index contributed by atoms with van der Waals surface area (Å²) < 4.78 is 6.45. The number of nitrogens with zero attached hydrogens (tertiary/aromatic N) is 1. The van der Waals surface area contributed by atoms with Crippen LogP contribution in [0.1, 0.15) is 10.4 Å². The van der Waals surface area contributed by atoms with Crippen LogP contribution < -0.4 is 4.74 Å². The molecule has 5 nitrogen and oxygen atoms in total. The standard InChI is InChI=1S/C14H10INO4/c15-11-3-7-13(8-4-11)20-9-14(17)10-1-5-12(6-2-10)16(18)19/h1-8H,9H2. The van der Waals surface area contributed by atoms with Crippen molar-refractivity contribution in [2.75, 3.05) is 6.61 Å². The van der Waals surface area contributed by atoms with Crippen molar-refractivity contribution in [3.8, 4) is 5.75 Å².